The van der Waals surface area contributed by atoms with Gasteiger partial charge in [-0.05, 0) is 50.1 Å². The van der Waals surface area contributed by atoms with Crippen LogP contribution in [0.5, 0.6) is 0 Å². The normalized spacial score (nSPS) is 11.1. The zero-order chi connectivity index (χ0) is 24.1. The van der Waals surface area contributed by atoms with Crippen molar-refractivity contribution >= 4 is 17.0 Å². The number of aryl methyl sites for hydroxylation is 1. The molecule has 0 bridgehead atoms. The summed E-state index contributed by atoms with van der Waals surface area (Å²) in [5.74, 6) is 0.125. The van der Waals surface area contributed by atoms with Crippen LogP contribution in [0.3, 0.4) is 0 Å². The van der Waals surface area contributed by atoms with E-state index in [0.29, 0.717) is 12.2 Å². The molecule has 0 fully saturated rings. The molecule has 1 aromatic carbocycles. The van der Waals surface area contributed by atoms with E-state index in [1.807, 2.05) is 71.1 Å². The third-order valence-corrected chi connectivity index (χ3v) is 4.64. The van der Waals surface area contributed by atoms with Gasteiger partial charge in [0.1, 0.15) is 5.65 Å². The van der Waals surface area contributed by atoms with E-state index in [4.69, 9.17) is 11.5 Å². The molecular weight excluding hydrogens is 402 g/mol. The first-order valence-electron chi connectivity index (χ1n) is 11.5. The molecule has 0 spiro atoms. The van der Waals surface area contributed by atoms with Crippen molar-refractivity contribution in [2.45, 2.75) is 60.4 Å². The molecule has 2 aromatic heterocycles. The molecule has 176 valence electrons. The van der Waals surface area contributed by atoms with E-state index in [1.165, 1.54) is 5.56 Å². The molecule has 6 N–H and O–H groups in total. The van der Waals surface area contributed by atoms with Crippen molar-refractivity contribution in [2.75, 3.05) is 13.1 Å². The van der Waals surface area contributed by atoms with Crippen LogP contribution in [-0.2, 0) is 0 Å². The number of aliphatic imine (C=N–C) groups is 1. The summed E-state index contributed by atoms with van der Waals surface area (Å²) in [5.41, 5.74) is 13.9. The van der Waals surface area contributed by atoms with Gasteiger partial charge in [0.2, 0.25) is 0 Å². The van der Waals surface area contributed by atoms with E-state index in [9.17, 15) is 4.79 Å². The van der Waals surface area contributed by atoms with Gasteiger partial charge in [-0.1, -0.05) is 46.8 Å². The summed E-state index contributed by atoms with van der Waals surface area (Å²) in [7, 11) is 0. The molecule has 0 unspecified atom stereocenters. The lowest BCUT2D eigenvalue weighted by Crippen LogP contribution is -2.25. The number of H-pyrrole nitrogens is 1. The summed E-state index contributed by atoms with van der Waals surface area (Å²) in [6.07, 6.45) is 3.64. The maximum Gasteiger partial charge on any atom is 0.354 e. The van der Waals surface area contributed by atoms with Crippen LogP contribution >= 0.6 is 0 Å². The van der Waals surface area contributed by atoms with Gasteiger partial charge in [-0.2, -0.15) is 4.98 Å². The maximum absolute atomic E-state index is 12.4. The first kappa shape index (κ1) is 26.9. The number of nitrogens with one attached hydrogen (secondary N) is 2. The van der Waals surface area contributed by atoms with Crippen LogP contribution in [0.2, 0.25) is 0 Å². The van der Waals surface area contributed by atoms with Crippen LogP contribution in [-0.4, -0.2) is 33.6 Å². The summed E-state index contributed by atoms with van der Waals surface area (Å²) in [6.45, 7) is 13.5. The number of hydrogen-bond acceptors (Lipinski definition) is 4. The quantitative estimate of drug-likeness (QED) is 0.240. The largest absolute Gasteiger partial charge is 0.370 e. The Balaban J connectivity index is 0.00000121. The highest BCUT2D eigenvalue weighted by Crippen LogP contribution is 2.19. The summed E-state index contributed by atoms with van der Waals surface area (Å²) in [4.78, 5) is 23.6. The average Bonchev–Trinajstić information content (AvgIpc) is 3.17. The van der Waals surface area contributed by atoms with Crippen molar-refractivity contribution in [2.24, 2.45) is 16.5 Å². The summed E-state index contributed by atoms with van der Waals surface area (Å²) < 4.78 is 1.57. The highest BCUT2D eigenvalue weighted by atomic mass is 16.1. The van der Waals surface area contributed by atoms with Gasteiger partial charge in [0.15, 0.2) is 5.96 Å². The van der Waals surface area contributed by atoms with Crippen LogP contribution in [0.25, 0.3) is 16.7 Å². The number of benzene rings is 1. The molecule has 0 radical (unpaired) electrons. The van der Waals surface area contributed by atoms with Crippen molar-refractivity contribution in [3.63, 3.8) is 0 Å². The fourth-order valence-corrected chi connectivity index (χ4v) is 3.24. The molecule has 32 heavy (non-hydrogen) atoms. The lowest BCUT2D eigenvalue weighted by atomic mass is 10.0. The second kappa shape index (κ2) is 14.0. The van der Waals surface area contributed by atoms with Gasteiger partial charge in [0.05, 0.1) is 5.69 Å². The van der Waals surface area contributed by atoms with E-state index in [0.717, 1.165) is 36.2 Å². The standard InChI is InChI=1S/C20H27N7O.2C2H6/c1-3-17(23-9-4-10-24-19(21)22)14-5-7-16(8-6-14)27-12-15-11-13(2)25-18(15)26-20(27)28;2*1-2/h5-8,11-12,17,23H,3-4,9-10H2,1-2H3,(H4,21,22,24)(H,25,26,28);2*1-2H3/t17-;;/m0../s1. The molecule has 3 rings (SSSR count). The minimum Gasteiger partial charge on any atom is -0.370 e. The predicted molar refractivity (Wildman–Crippen MR) is 135 cm³/mol. The van der Waals surface area contributed by atoms with E-state index in [1.54, 1.807) is 4.57 Å². The van der Waals surface area contributed by atoms with E-state index >= 15 is 0 Å². The fraction of sp³-hybridized carbons (Fsp3) is 0.458. The molecule has 0 aliphatic heterocycles. The third kappa shape index (κ3) is 7.53. The highest BCUT2D eigenvalue weighted by Gasteiger charge is 2.10. The lowest BCUT2D eigenvalue weighted by molar-refractivity contribution is 0.513. The van der Waals surface area contributed by atoms with E-state index in [2.05, 4.69) is 27.2 Å². The van der Waals surface area contributed by atoms with Crippen molar-refractivity contribution in [1.82, 2.24) is 19.9 Å². The number of nitrogens with two attached hydrogens (primary N) is 2. The van der Waals surface area contributed by atoms with Gasteiger partial charge in [-0.25, -0.2) is 4.79 Å². The van der Waals surface area contributed by atoms with Crippen LogP contribution in [0.4, 0.5) is 0 Å². The Morgan fingerprint density at radius 2 is 1.84 bits per heavy atom. The van der Waals surface area contributed by atoms with Crippen LogP contribution < -0.4 is 22.5 Å². The Hall–Kier alpha value is -3.13. The topological polar surface area (TPSA) is 127 Å². The molecule has 8 heteroatoms. The highest BCUT2D eigenvalue weighted by molar-refractivity contribution is 5.76. The number of rotatable bonds is 8. The number of hydrogen-bond donors (Lipinski definition) is 4. The van der Waals surface area contributed by atoms with Gasteiger partial charge in [-0.15, -0.1) is 0 Å². The number of guanidine groups is 1. The summed E-state index contributed by atoms with van der Waals surface area (Å²) in [5, 5.41) is 4.43. The average molecular weight is 442 g/mol. The second-order valence-corrected chi connectivity index (χ2v) is 6.82. The van der Waals surface area contributed by atoms with E-state index in [-0.39, 0.29) is 17.7 Å². The Kier molecular flexibility index (Phi) is 11.8. The minimum atomic E-state index is -0.299. The van der Waals surface area contributed by atoms with Gasteiger partial charge < -0.3 is 21.8 Å². The van der Waals surface area contributed by atoms with Gasteiger partial charge in [0, 0.05) is 29.9 Å². The molecule has 0 saturated carbocycles. The number of nitrogens with zero attached hydrogens (tertiary/aromatic N) is 3. The summed E-state index contributed by atoms with van der Waals surface area (Å²) in [6, 6.07) is 10.2. The molecule has 8 nitrogen and oxygen atoms in total. The molecule has 0 aliphatic rings. The molecule has 3 aromatic rings. The maximum atomic E-state index is 12.4. The van der Waals surface area contributed by atoms with Crippen LogP contribution in [0.15, 0.2) is 46.3 Å². The Morgan fingerprint density at radius 1 is 1.19 bits per heavy atom. The predicted octanol–water partition coefficient (Wildman–Crippen LogP) is 3.78. The molecule has 0 saturated heterocycles. The van der Waals surface area contributed by atoms with Crippen molar-refractivity contribution in [1.29, 1.82) is 0 Å². The molecule has 1 atom stereocenters. The van der Waals surface area contributed by atoms with Gasteiger partial charge >= 0.3 is 5.69 Å². The first-order chi connectivity index (χ1) is 15.5. The first-order valence-corrected chi connectivity index (χ1v) is 11.5. The smallest absolute Gasteiger partial charge is 0.354 e. The van der Waals surface area contributed by atoms with Crippen LogP contribution in [0, 0.1) is 6.92 Å². The van der Waals surface area contributed by atoms with Crippen molar-refractivity contribution < 1.29 is 0 Å². The zero-order valence-corrected chi connectivity index (χ0v) is 20.3. The lowest BCUT2D eigenvalue weighted by Gasteiger charge is -2.18. The molecular formula is C24H39N7O. The molecule has 2 heterocycles. The second-order valence-electron chi connectivity index (χ2n) is 6.82. The molecule has 0 aliphatic carbocycles. The van der Waals surface area contributed by atoms with Crippen molar-refractivity contribution in [3.05, 3.63) is 58.3 Å². The van der Waals surface area contributed by atoms with Crippen LogP contribution in [0.1, 0.15) is 64.8 Å². The van der Waals surface area contributed by atoms with Gasteiger partial charge in [-0.3, -0.25) is 9.56 Å². The molecule has 0 amide bonds. The SMILES string of the molecule is CC.CC.CC[C@H](NCCCN=C(N)N)c1ccc(-n2cc3cc(C)[nH]c3nc2=O)cc1. The Labute approximate surface area is 191 Å². The fourth-order valence-electron chi connectivity index (χ4n) is 3.24. The zero-order valence-electron chi connectivity index (χ0n) is 20.3. The monoisotopic (exact) mass is 441 g/mol. The van der Waals surface area contributed by atoms with E-state index < -0.39 is 0 Å². The number of aromatic nitrogens is 3. The minimum absolute atomic E-state index is 0.125. The summed E-state index contributed by atoms with van der Waals surface area (Å²) >= 11 is 0. The number of fused-ring (bicyclic) bond motifs is 1. The Bertz CT molecular complexity index is 1010. The number of aromatic amines is 1. The van der Waals surface area contributed by atoms with Gasteiger partial charge in [0.25, 0.3) is 0 Å². The third-order valence-electron chi connectivity index (χ3n) is 4.64. The van der Waals surface area contributed by atoms with Crippen molar-refractivity contribution in [3.8, 4) is 5.69 Å². The Morgan fingerprint density at radius 3 is 2.44 bits per heavy atom.